The molecule has 0 spiro atoms. The van der Waals surface area contributed by atoms with E-state index in [2.05, 4.69) is 58.6 Å². The average Bonchev–Trinajstić information content (AvgIpc) is 2.52. The first-order valence-electron chi connectivity index (χ1n) is 8.89. The van der Waals surface area contributed by atoms with E-state index in [0.29, 0.717) is 0 Å². The molecule has 0 aliphatic heterocycles. The summed E-state index contributed by atoms with van der Waals surface area (Å²) in [5.41, 5.74) is 1.32. The van der Waals surface area contributed by atoms with E-state index in [1.54, 1.807) is 0 Å². The van der Waals surface area contributed by atoms with Gasteiger partial charge in [0.1, 0.15) is 0 Å². The Bertz CT molecular complexity index is 255. The zero-order chi connectivity index (χ0) is 16.3. The molecule has 1 aromatic carbocycles. The van der Waals surface area contributed by atoms with Crippen LogP contribution in [0.2, 0.25) is 0 Å². The van der Waals surface area contributed by atoms with Gasteiger partial charge in [0.2, 0.25) is 0 Å². The first-order chi connectivity index (χ1) is 10.2. The SMILES string of the molecule is CCCCCCC.CCN(CC)CC.Cc1ccccc1. The Morgan fingerprint density at radius 1 is 0.667 bits per heavy atom. The molecule has 0 N–H and O–H groups in total. The molecule has 0 radical (unpaired) electrons. The second kappa shape index (κ2) is 19.2. The Morgan fingerprint density at radius 3 is 1.29 bits per heavy atom. The van der Waals surface area contributed by atoms with Crippen molar-refractivity contribution in [2.75, 3.05) is 19.6 Å². The monoisotopic (exact) mass is 293 g/mol. The Hall–Kier alpha value is -0.820. The van der Waals surface area contributed by atoms with Crippen LogP contribution in [-0.2, 0) is 0 Å². The van der Waals surface area contributed by atoms with Gasteiger partial charge < -0.3 is 4.90 Å². The maximum absolute atomic E-state index is 2.38. The summed E-state index contributed by atoms with van der Waals surface area (Å²) in [5.74, 6) is 0. The molecule has 0 bridgehead atoms. The zero-order valence-electron chi connectivity index (χ0n) is 15.5. The minimum absolute atomic E-state index is 1.19. The van der Waals surface area contributed by atoms with E-state index < -0.39 is 0 Å². The standard InChI is InChI=1S/C7H8.C7H16.C6H15N/c1-7-5-3-2-4-6-7;1-3-5-7-6-4-2;1-4-7(5-2)6-3/h2-6H,1H3;3-7H2,1-2H3;4-6H2,1-3H3. The highest BCUT2D eigenvalue weighted by molar-refractivity contribution is 5.11. The lowest BCUT2D eigenvalue weighted by Crippen LogP contribution is -2.21. The molecule has 0 atom stereocenters. The maximum atomic E-state index is 2.38. The van der Waals surface area contributed by atoms with Gasteiger partial charge in [-0.15, -0.1) is 0 Å². The van der Waals surface area contributed by atoms with Crippen molar-refractivity contribution in [1.29, 1.82) is 0 Å². The fourth-order valence-electron chi connectivity index (χ4n) is 1.88. The van der Waals surface area contributed by atoms with Crippen LogP contribution < -0.4 is 0 Å². The molecule has 0 aliphatic rings. The first-order valence-corrected chi connectivity index (χ1v) is 8.89. The quantitative estimate of drug-likeness (QED) is 0.532. The molecule has 0 saturated heterocycles. The molecule has 1 nitrogen and oxygen atoms in total. The van der Waals surface area contributed by atoms with Gasteiger partial charge in [-0.05, 0) is 26.6 Å². The van der Waals surface area contributed by atoms with E-state index in [1.807, 2.05) is 18.2 Å². The fraction of sp³-hybridized carbons (Fsp3) is 0.700. The van der Waals surface area contributed by atoms with Gasteiger partial charge in [0.25, 0.3) is 0 Å². The Morgan fingerprint density at radius 2 is 1.10 bits per heavy atom. The van der Waals surface area contributed by atoms with Crippen LogP contribution in [0, 0.1) is 6.92 Å². The van der Waals surface area contributed by atoms with E-state index in [0.717, 1.165) is 0 Å². The summed E-state index contributed by atoms with van der Waals surface area (Å²) >= 11 is 0. The van der Waals surface area contributed by atoms with Gasteiger partial charge in [0, 0.05) is 0 Å². The van der Waals surface area contributed by atoms with Crippen LogP contribution in [0.3, 0.4) is 0 Å². The van der Waals surface area contributed by atoms with Crippen LogP contribution in [0.1, 0.15) is 72.3 Å². The average molecular weight is 294 g/mol. The summed E-state index contributed by atoms with van der Waals surface area (Å²) in [4.78, 5) is 2.38. The number of hydrogen-bond acceptors (Lipinski definition) is 1. The van der Waals surface area contributed by atoms with Crippen LogP contribution in [-0.4, -0.2) is 24.5 Å². The van der Waals surface area contributed by atoms with Crippen LogP contribution in [0.25, 0.3) is 0 Å². The number of benzene rings is 1. The van der Waals surface area contributed by atoms with E-state index in [-0.39, 0.29) is 0 Å². The molecule has 0 fully saturated rings. The molecular weight excluding hydrogens is 254 g/mol. The van der Waals surface area contributed by atoms with Crippen LogP contribution in [0.4, 0.5) is 0 Å². The van der Waals surface area contributed by atoms with Gasteiger partial charge in [0.15, 0.2) is 0 Å². The molecule has 1 heteroatoms. The molecule has 21 heavy (non-hydrogen) atoms. The van der Waals surface area contributed by atoms with Crippen molar-refractivity contribution < 1.29 is 0 Å². The predicted molar refractivity (Wildman–Crippen MR) is 99.1 cm³/mol. The van der Waals surface area contributed by atoms with Crippen LogP contribution >= 0.6 is 0 Å². The molecule has 0 saturated carbocycles. The fourth-order valence-corrected chi connectivity index (χ4v) is 1.88. The van der Waals surface area contributed by atoms with Gasteiger partial charge in [0.05, 0.1) is 0 Å². The molecule has 0 aliphatic carbocycles. The topological polar surface area (TPSA) is 3.24 Å². The van der Waals surface area contributed by atoms with Gasteiger partial charge >= 0.3 is 0 Å². The van der Waals surface area contributed by atoms with E-state index in [1.165, 1.54) is 57.3 Å². The molecule has 0 aromatic heterocycles. The number of aryl methyl sites for hydroxylation is 1. The Kier molecular flexibility index (Phi) is 20.5. The zero-order valence-corrected chi connectivity index (χ0v) is 15.5. The summed E-state index contributed by atoms with van der Waals surface area (Å²) in [6, 6.07) is 10.3. The number of nitrogens with zero attached hydrogens (tertiary/aromatic N) is 1. The summed E-state index contributed by atoms with van der Waals surface area (Å²) in [6.07, 6.45) is 7.01. The Labute approximate surface area is 134 Å². The molecule has 1 rings (SSSR count). The summed E-state index contributed by atoms with van der Waals surface area (Å²) < 4.78 is 0. The lowest BCUT2D eigenvalue weighted by Gasteiger charge is -2.13. The maximum Gasteiger partial charge on any atom is -0.00474 e. The third kappa shape index (κ3) is 19.2. The number of unbranched alkanes of at least 4 members (excludes halogenated alkanes) is 4. The van der Waals surface area contributed by atoms with Crippen molar-refractivity contribution in [3.8, 4) is 0 Å². The predicted octanol–water partition coefficient (Wildman–Crippen LogP) is 6.32. The number of hydrogen-bond donors (Lipinski definition) is 0. The van der Waals surface area contributed by atoms with Crippen molar-refractivity contribution in [1.82, 2.24) is 4.90 Å². The lowest BCUT2D eigenvalue weighted by atomic mass is 10.2. The highest BCUT2D eigenvalue weighted by atomic mass is 15.1. The first kappa shape index (κ1) is 22.5. The van der Waals surface area contributed by atoms with Crippen molar-refractivity contribution in [3.05, 3.63) is 35.9 Å². The highest BCUT2D eigenvalue weighted by Crippen LogP contribution is 2.00. The minimum atomic E-state index is 1.19. The second-order valence-corrected chi connectivity index (χ2v) is 5.33. The molecule has 1 aromatic rings. The minimum Gasteiger partial charge on any atom is -0.304 e. The normalized spacial score (nSPS) is 9.48. The van der Waals surface area contributed by atoms with Gasteiger partial charge in [-0.2, -0.15) is 0 Å². The second-order valence-electron chi connectivity index (χ2n) is 5.33. The summed E-state index contributed by atoms with van der Waals surface area (Å²) in [7, 11) is 0. The summed E-state index contributed by atoms with van der Waals surface area (Å²) in [6.45, 7) is 16.7. The largest absolute Gasteiger partial charge is 0.304 e. The van der Waals surface area contributed by atoms with E-state index in [9.17, 15) is 0 Å². The van der Waals surface area contributed by atoms with Gasteiger partial charge in [-0.25, -0.2) is 0 Å². The van der Waals surface area contributed by atoms with Gasteiger partial charge in [-0.3, -0.25) is 0 Å². The third-order valence-electron chi connectivity index (χ3n) is 3.49. The van der Waals surface area contributed by atoms with Crippen LogP contribution in [0.5, 0.6) is 0 Å². The molecule has 0 heterocycles. The van der Waals surface area contributed by atoms with Crippen molar-refractivity contribution in [3.63, 3.8) is 0 Å². The molecular formula is C20H39N. The molecule has 124 valence electrons. The number of rotatable bonds is 7. The molecule has 0 unspecified atom stereocenters. The lowest BCUT2D eigenvalue weighted by molar-refractivity contribution is 0.321. The third-order valence-corrected chi connectivity index (χ3v) is 3.49. The summed E-state index contributed by atoms with van der Waals surface area (Å²) in [5, 5.41) is 0. The van der Waals surface area contributed by atoms with Crippen molar-refractivity contribution in [2.24, 2.45) is 0 Å². The smallest absolute Gasteiger partial charge is 0.00474 e. The Balaban J connectivity index is 0. The van der Waals surface area contributed by atoms with E-state index >= 15 is 0 Å². The van der Waals surface area contributed by atoms with Crippen molar-refractivity contribution >= 4 is 0 Å². The molecule has 0 amide bonds. The van der Waals surface area contributed by atoms with Crippen molar-refractivity contribution in [2.45, 2.75) is 73.6 Å². The van der Waals surface area contributed by atoms with Crippen LogP contribution in [0.15, 0.2) is 30.3 Å². The van der Waals surface area contributed by atoms with Gasteiger partial charge in [-0.1, -0.05) is 103 Å². The van der Waals surface area contributed by atoms with E-state index in [4.69, 9.17) is 0 Å². The highest BCUT2D eigenvalue weighted by Gasteiger charge is 1.89.